The molecule has 14 heavy (non-hydrogen) atoms. The zero-order valence-electron chi connectivity index (χ0n) is 8.24. The van der Waals surface area contributed by atoms with Gasteiger partial charge < -0.3 is 5.11 Å². The van der Waals surface area contributed by atoms with E-state index in [9.17, 15) is 9.50 Å². The minimum atomic E-state index is -0.447. The van der Waals surface area contributed by atoms with E-state index in [0.29, 0.717) is 17.7 Å². The van der Waals surface area contributed by atoms with Gasteiger partial charge in [0.25, 0.3) is 0 Å². The molecule has 1 rings (SSSR count). The van der Waals surface area contributed by atoms with Gasteiger partial charge in [0.2, 0.25) is 0 Å². The molecule has 1 nitrogen and oxygen atoms in total. The topological polar surface area (TPSA) is 20.2 Å². The van der Waals surface area contributed by atoms with Crippen LogP contribution in [0.5, 0.6) is 0 Å². The van der Waals surface area contributed by atoms with E-state index in [-0.39, 0.29) is 5.82 Å². The Hall–Kier alpha value is -0.540. The minimum absolute atomic E-state index is 0.229. The summed E-state index contributed by atoms with van der Waals surface area (Å²) in [4.78, 5) is 0. The van der Waals surface area contributed by atoms with Gasteiger partial charge in [-0.2, -0.15) is 11.8 Å². The van der Waals surface area contributed by atoms with E-state index in [0.717, 1.165) is 5.75 Å². The summed E-state index contributed by atoms with van der Waals surface area (Å²) >= 11 is 1.67. The monoisotopic (exact) mass is 214 g/mol. The molecular formula is C11H15FOS. The average molecular weight is 214 g/mol. The molecule has 1 aromatic rings. The zero-order valence-corrected chi connectivity index (χ0v) is 9.06. The van der Waals surface area contributed by atoms with Gasteiger partial charge >= 0.3 is 0 Å². The van der Waals surface area contributed by atoms with Gasteiger partial charge in [-0.25, -0.2) is 4.39 Å². The maximum atomic E-state index is 13.2. The van der Waals surface area contributed by atoms with Gasteiger partial charge in [0.15, 0.2) is 0 Å². The summed E-state index contributed by atoms with van der Waals surface area (Å²) in [5.41, 5.74) is 0.594. The van der Waals surface area contributed by atoms with Crippen LogP contribution in [0.15, 0.2) is 24.3 Å². The molecule has 0 aliphatic heterocycles. The molecule has 0 bridgehead atoms. The van der Waals surface area contributed by atoms with E-state index < -0.39 is 6.10 Å². The maximum absolute atomic E-state index is 13.2. The van der Waals surface area contributed by atoms with Crippen LogP contribution >= 0.6 is 11.8 Å². The lowest BCUT2D eigenvalue weighted by Gasteiger charge is -2.09. The van der Waals surface area contributed by atoms with Crippen LogP contribution in [-0.2, 0) is 6.42 Å². The number of aliphatic hydroxyl groups is 1. The van der Waals surface area contributed by atoms with Crippen LogP contribution in [0.2, 0.25) is 0 Å². The molecule has 78 valence electrons. The number of hydrogen-bond acceptors (Lipinski definition) is 2. The fourth-order valence-electron chi connectivity index (χ4n) is 1.23. The fraction of sp³-hybridized carbons (Fsp3) is 0.455. The number of halogens is 1. The summed E-state index contributed by atoms with van der Waals surface area (Å²) in [5.74, 6) is 1.42. The van der Waals surface area contributed by atoms with Crippen molar-refractivity contribution in [2.75, 3.05) is 11.5 Å². The van der Waals surface area contributed by atoms with E-state index in [4.69, 9.17) is 0 Å². The van der Waals surface area contributed by atoms with Crippen LogP contribution < -0.4 is 0 Å². The molecule has 0 heterocycles. The van der Waals surface area contributed by atoms with Gasteiger partial charge in [0.05, 0.1) is 6.10 Å². The first-order chi connectivity index (χ1) is 6.74. The molecule has 1 N–H and O–H groups in total. The first-order valence-corrected chi connectivity index (χ1v) is 5.88. The lowest BCUT2D eigenvalue weighted by molar-refractivity contribution is 0.199. The molecule has 1 atom stereocenters. The smallest absolute Gasteiger partial charge is 0.126 e. The van der Waals surface area contributed by atoms with Gasteiger partial charge in [-0.15, -0.1) is 0 Å². The Morgan fingerprint density at radius 2 is 2.14 bits per heavy atom. The van der Waals surface area contributed by atoms with E-state index in [1.54, 1.807) is 30.0 Å². The third kappa shape index (κ3) is 3.68. The van der Waals surface area contributed by atoms with Crippen LogP contribution in [0, 0.1) is 5.82 Å². The van der Waals surface area contributed by atoms with Crippen LogP contribution in [0.1, 0.15) is 12.5 Å². The van der Waals surface area contributed by atoms with Crippen molar-refractivity contribution in [1.82, 2.24) is 0 Å². The number of hydrogen-bond donors (Lipinski definition) is 1. The Bertz CT molecular complexity index is 278. The molecule has 0 saturated heterocycles. The highest BCUT2D eigenvalue weighted by atomic mass is 32.2. The lowest BCUT2D eigenvalue weighted by Crippen LogP contribution is -2.14. The highest BCUT2D eigenvalue weighted by Gasteiger charge is 2.08. The van der Waals surface area contributed by atoms with Crippen LogP contribution in [0.3, 0.4) is 0 Å². The summed E-state index contributed by atoms with van der Waals surface area (Å²) in [5, 5.41) is 9.57. The number of benzene rings is 1. The first kappa shape index (κ1) is 11.5. The van der Waals surface area contributed by atoms with Crippen molar-refractivity contribution in [3.63, 3.8) is 0 Å². The van der Waals surface area contributed by atoms with Crippen molar-refractivity contribution in [1.29, 1.82) is 0 Å². The number of rotatable bonds is 5. The van der Waals surface area contributed by atoms with Crippen molar-refractivity contribution in [2.45, 2.75) is 19.4 Å². The molecule has 0 saturated carbocycles. The van der Waals surface area contributed by atoms with Gasteiger partial charge in [0, 0.05) is 12.2 Å². The highest BCUT2D eigenvalue weighted by molar-refractivity contribution is 7.99. The Morgan fingerprint density at radius 1 is 1.43 bits per heavy atom. The van der Waals surface area contributed by atoms with E-state index in [1.807, 2.05) is 6.92 Å². The third-order valence-electron chi connectivity index (χ3n) is 1.93. The maximum Gasteiger partial charge on any atom is 0.126 e. The van der Waals surface area contributed by atoms with Crippen molar-refractivity contribution in [2.24, 2.45) is 0 Å². The zero-order chi connectivity index (χ0) is 10.4. The number of aliphatic hydroxyl groups excluding tert-OH is 1. The standard InChI is InChI=1S/C11H15FOS/c1-2-14-8-10(13)7-9-5-3-4-6-11(9)12/h3-6,10,13H,2,7-8H2,1H3. The van der Waals surface area contributed by atoms with E-state index in [1.165, 1.54) is 6.07 Å². The molecular weight excluding hydrogens is 199 g/mol. The quantitative estimate of drug-likeness (QED) is 0.812. The summed E-state index contributed by atoms with van der Waals surface area (Å²) in [6.07, 6.45) is -0.0449. The highest BCUT2D eigenvalue weighted by Crippen LogP contribution is 2.11. The predicted molar refractivity (Wildman–Crippen MR) is 59.1 cm³/mol. The molecule has 0 spiro atoms. The van der Waals surface area contributed by atoms with E-state index in [2.05, 4.69) is 0 Å². The molecule has 0 aliphatic rings. The summed E-state index contributed by atoms with van der Waals surface area (Å²) in [6.45, 7) is 2.04. The van der Waals surface area contributed by atoms with Crippen molar-refractivity contribution in [3.8, 4) is 0 Å². The molecule has 0 radical (unpaired) electrons. The molecule has 0 aliphatic carbocycles. The van der Waals surface area contributed by atoms with E-state index >= 15 is 0 Å². The molecule has 0 aromatic heterocycles. The Balaban J connectivity index is 2.47. The van der Waals surface area contributed by atoms with Crippen molar-refractivity contribution >= 4 is 11.8 Å². The Kier molecular flexibility index (Phi) is 4.98. The molecule has 1 aromatic carbocycles. The van der Waals surface area contributed by atoms with Gasteiger partial charge in [-0.05, 0) is 17.4 Å². The molecule has 0 amide bonds. The summed E-state index contributed by atoms with van der Waals surface area (Å²) in [6, 6.07) is 6.59. The summed E-state index contributed by atoms with van der Waals surface area (Å²) in [7, 11) is 0. The van der Waals surface area contributed by atoms with Gasteiger partial charge in [0.1, 0.15) is 5.82 Å². The van der Waals surface area contributed by atoms with Crippen LogP contribution in [0.25, 0.3) is 0 Å². The average Bonchev–Trinajstić information content (AvgIpc) is 2.18. The Morgan fingerprint density at radius 3 is 2.79 bits per heavy atom. The Labute approximate surface area is 88.3 Å². The normalized spacial score (nSPS) is 12.8. The van der Waals surface area contributed by atoms with Gasteiger partial charge in [-0.3, -0.25) is 0 Å². The SMILES string of the molecule is CCSCC(O)Cc1ccccc1F. The summed E-state index contributed by atoms with van der Waals surface area (Å²) < 4.78 is 13.2. The molecule has 0 fully saturated rings. The molecule has 3 heteroatoms. The fourth-order valence-corrected chi connectivity index (χ4v) is 1.86. The predicted octanol–water partition coefficient (Wildman–Crippen LogP) is 2.48. The largest absolute Gasteiger partial charge is 0.392 e. The second kappa shape index (κ2) is 6.04. The first-order valence-electron chi connectivity index (χ1n) is 4.73. The van der Waals surface area contributed by atoms with Gasteiger partial charge in [-0.1, -0.05) is 25.1 Å². The number of thioether (sulfide) groups is 1. The van der Waals surface area contributed by atoms with Crippen molar-refractivity contribution < 1.29 is 9.50 Å². The van der Waals surface area contributed by atoms with Crippen LogP contribution in [-0.4, -0.2) is 22.7 Å². The van der Waals surface area contributed by atoms with Crippen LogP contribution in [0.4, 0.5) is 4.39 Å². The second-order valence-electron chi connectivity index (χ2n) is 3.11. The second-order valence-corrected chi connectivity index (χ2v) is 4.43. The molecule has 1 unspecified atom stereocenters. The van der Waals surface area contributed by atoms with Crippen molar-refractivity contribution in [3.05, 3.63) is 35.6 Å². The minimum Gasteiger partial charge on any atom is -0.392 e. The lowest BCUT2D eigenvalue weighted by atomic mass is 10.1. The third-order valence-corrected chi connectivity index (χ3v) is 2.96.